The predicted molar refractivity (Wildman–Crippen MR) is 106 cm³/mol. The second-order valence-corrected chi connectivity index (χ2v) is 8.50. The molecule has 2 aliphatic heterocycles. The van der Waals surface area contributed by atoms with E-state index >= 15 is 0 Å². The fourth-order valence-corrected chi connectivity index (χ4v) is 5.22. The van der Waals surface area contributed by atoms with Crippen molar-refractivity contribution in [1.82, 2.24) is 19.8 Å². The lowest BCUT2D eigenvalue weighted by atomic mass is 9.95. The molecule has 0 aromatic carbocycles. The molecule has 4 rings (SSSR count). The molecule has 2 aromatic heterocycles. The molecule has 0 unspecified atom stereocenters. The Kier molecular flexibility index (Phi) is 5.90. The number of rotatable bonds is 6. The minimum absolute atomic E-state index is 0.186. The van der Waals surface area contributed by atoms with Crippen molar-refractivity contribution >= 4 is 17.2 Å². The van der Waals surface area contributed by atoms with Crippen molar-refractivity contribution in [2.45, 2.75) is 44.2 Å². The van der Waals surface area contributed by atoms with Crippen molar-refractivity contribution < 1.29 is 9.53 Å². The van der Waals surface area contributed by atoms with Crippen LogP contribution in [0.25, 0.3) is 0 Å². The van der Waals surface area contributed by atoms with E-state index in [1.165, 1.54) is 17.7 Å². The highest BCUT2D eigenvalue weighted by molar-refractivity contribution is 7.14. The van der Waals surface area contributed by atoms with Gasteiger partial charge in [0.15, 0.2) is 0 Å². The lowest BCUT2D eigenvalue weighted by Gasteiger charge is -2.31. The maximum Gasteiger partial charge on any atom is 0.263 e. The molecule has 2 saturated heterocycles. The average Bonchev–Trinajstić information content (AvgIpc) is 3.47. The largest absolute Gasteiger partial charge is 0.383 e. The number of thiophene rings is 1. The number of carbonyl (C=O) groups excluding carboxylic acids is 1. The van der Waals surface area contributed by atoms with Gasteiger partial charge in [0.2, 0.25) is 0 Å². The van der Waals surface area contributed by atoms with Crippen LogP contribution in [0.2, 0.25) is 0 Å². The lowest BCUT2D eigenvalue weighted by Crippen LogP contribution is -2.38. The zero-order chi connectivity index (χ0) is 18.6. The first-order chi connectivity index (χ1) is 13.3. The van der Waals surface area contributed by atoms with Crippen LogP contribution in [0.5, 0.6) is 0 Å². The Morgan fingerprint density at radius 1 is 1.33 bits per heavy atom. The Morgan fingerprint density at radius 3 is 2.93 bits per heavy atom. The van der Waals surface area contributed by atoms with E-state index in [9.17, 15) is 4.79 Å². The molecule has 2 aliphatic rings. The molecule has 1 N–H and O–H groups in total. The van der Waals surface area contributed by atoms with Gasteiger partial charge < -0.3 is 19.5 Å². The maximum absolute atomic E-state index is 12.9. The van der Waals surface area contributed by atoms with Gasteiger partial charge in [0.05, 0.1) is 11.5 Å². The molecule has 1 atom stereocenters. The van der Waals surface area contributed by atoms with Crippen LogP contribution in [-0.4, -0.2) is 53.7 Å². The molecule has 2 aromatic rings. The summed E-state index contributed by atoms with van der Waals surface area (Å²) < 4.78 is 7.38. The van der Waals surface area contributed by atoms with Crippen LogP contribution in [0, 0.1) is 0 Å². The molecule has 0 aliphatic carbocycles. The number of imidazole rings is 1. The molecule has 146 valence electrons. The molecular weight excluding hydrogens is 360 g/mol. The lowest BCUT2D eigenvalue weighted by molar-refractivity contribution is 0.0715. The average molecular weight is 389 g/mol. The van der Waals surface area contributed by atoms with Crippen molar-refractivity contribution in [3.63, 3.8) is 0 Å². The normalized spacial score (nSPS) is 21.1. The minimum atomic E-state index is 0.186. The highest BCUT2D eigenvalue weighted by Gasteiger charge is 2.28. The van der Waals surface area contributed by atoms with Crippen molar-refractivity contribution in [1.29, 1.82) is 0 Å². The van der Waals surface area contributed by atoms with Gasteiger partial charge in [-0.15, -0.1) is 11.3 Å². The van der Waals surface area contributed by atoms with E-state index in [1.807, 2.05) is 23.4 Å². The summed E-state index contributed by atoms with van der Waals surface area (Å²) in [6, 6.07) is 4.57. The van der Waals surface area contributed by atoms with Gasteiger partial charge in [0, 0.05) is 56.0 Å². The summed E-state index contributed by atoms with van der Waals surface area (Å²) in [5.74, 6) is 1.73. The van der Waals surface area contributed by atoms with E-state index in [2.05, 4.69) is 20.9 Å². The highest BCUT2D eigenvalue weighted by Crippen LogP contribution is 2.32. The summed E-state index contributed by atoms with van der Waals surface area (Å²) in [4.78, 5) is 21.7. The van der Waals surface area contributed by atoms with Crippen LogP contribution in [-0.2, 0) is 11.3 Å². The van der Waals surface area contributed by atoms with Crippen LogP contribution < -0.4 is 5.32 Å². The van der Waals surface area contributed by atoms with Crippen LogP contribution in [0.4, 0.5) is 0 Å². The first kappa shape index (κ1) is 18.7. The molecule has 27 heavy (non-hydrogen) atoms. The van der Waals surface area contributed by atoms with E-state index in [0.29, 0.717) is 18.6 Å². The maximum atomic E-state index is 12.9. The SMILES string of the molecule is COCCn1ccnc1C1CCN(C(=O)c2ccc([C@@H]3CCCN3)s2)CC1. The van der Waals surface area contributed by atoms with E-state index in [-0.39, 0.29) is 5.91 Å². The van der Waals surface area contributed by atoms with Crippen molar-refractivity contribution in [2.75, 3.05) is 33.4 Å². The molecule has 6 nitrogen and oxygen atoms in total. The number of amides is 1. The number of likely N-dealkylation sites (tertiary alicyclic amines) is 1. The van der Waals surface area contributed by atoms with Gasteiger partial charge in [-0.1, -0.05) is 0 Å². The zero-order valence-corrected chi connectivity index (χ0v) is 16.7. The third kappa shape index (κ3) is 4.10. The monoisotopic (exact) mass is 388 g/mol. The minimum Gasteiger partial charge on any atom is -0.383 e. The molecular formula is C20H28N4O2S. The Balaban J connectivity index is 1.35. The van der Waals surface area contributed by atoms with E-state index in [4.69, 9.17) is 4.74 Å². The first-order valence-corrected chi connectivity index (χ1v) is 10.7. The zero-order valence-electron chi connectivity index (χ0n) is 15.9. The summed E-state index contributed by atoms with van der Waals surface area (Å²) in [6.07, 6.45) is 8.23. The Bertz CT molecular complexity index is 758. The summed E-state index contributed by atoms with van der Waals surface area (Å²) in [6.45, 7) is 4.21. The summed E-state index contributed by atoms with van der Waals surface area (Å²) in [5.41, 5.74) is 0. The van der Waals surface area contributed by atoms with Crippen LogP contribution in [0.3, 0.4) is 0 Å². The quantitative estimate of drug-likeness (QED) is 0.826. The number of ether oxygens (including phenoxy) is 1. The van der Waals surface area contributed by atoms with Crippen LogP contribution in [0.1, 0.15) is 58.0 Å². The van der Waals surface area contributed by atoms with Crippen molar-refractivity contribution in [3.05, 3.63) is 40.1 Å². The van der Waals surface area contributed by atoms with Gasteiger partial charge >= 0.3 is 0 Å². The van der Waals surface area contributed by atoms with Crippen molar-refractivity contribution in [2.24, 2.45) is 0 Å². The Morgan fingerprint density at radius 2 is 2.19 bits per heavy atom. The van der Waals surface area contributed by atoms with Crippen molar-refractivity contribution in [3.8, 4) is 0 Å². The fourth-order valence-electron chi connectivity index (χ4n) is 4.14. The summed E-state index contributed by atoms with van der Waals surface area (Å²) >= 11 is 1.66. The van der Waals surface area contributed by atoms with Gasteiger partial charge in [-0.25, -0.2) is 4.98 Å². The number of piperidine rings is 1. The summed E-state index contributed by atoms with van der Waals surface area (Å²) in [7, 11) is 1.72. The molecule has 0 spiro atoms. The van der Waals surface area contributed by atoms with Gasteiger partial charge in [-0.2, -0.15) is 0 Å². The molecule has 0 bridgehead atoms. The van der Waals surface area contributed by atoms with Crippen LogP contribution >= 0.6 is 11.3 Å². The second kappa shape index (κ2) is 8.54. The number of nitrogens with one attached hydrogen (secondary N) is 1. The number of hydrogen-bond acceptors (Lipinski definition) is 5. The number of carbonyl (C=O) groups is 1. The molecule has 1 amide bonds. The number of aromatic nitrogens is 2. The van der Waals surface area contributed by atoms with Gasteiger partial charge in [0.25, 0.3) is 5.91 Å². The molecule has 4 heterocycles. The smallest absolute Gasteiger partial charge is 0.263 e. The van der Waals surface area contributed by atoms with Gasteiger partial charge in [0.1, 0.15) is 5.82 Å². The Labute approximate surface area is 164 Å². The van der Waals surface area contributed by atoms with Gasteiger partial charge in [-0.05, 0) is 44.4 Å². The van der Waals surface area contributed by atoms with E-state index in [1.54, 1.807) is 18.4 Å². The number of hydrogen-bond donors (Lipinski definition) is 1. The highest BCUT2D eigenvalue weighted by atomic mass is 32.1. The van der Waals surface area contributed by atoms with E-state index in [0.717, 1.165) is 49.7 Å². The number of methoxy groups -OCH3 is 1. The second-order valence-electron chi connectivity index (χ2n) is 7.39. The topological polar surface area (TPSA) is 59.4 Å². The third-order valence-corrected chi connectivity index (χ3v) is 6.86. The number of nitrogens with zero attached hydrogens (tertiary/aromatic N) is 3. The molecule has 0 saturated carbocycles. The molecule has 0 radical (unpaired) electrons. The third-order valence-electron chi connectivity index (χ3n) is 5.67. The van der Waals surface area contributed by atoms with E-state index < -0.39 is 0 Å². The van der Waals surface area contributed by atoms with Gasteiger partial charge in [-0.3, -0.25) is 4.79 Å². The fraction of sp³-hybridized carbons (Fsp3) is 0.600. The van der Waals surface area contributed by atoms with Crippen LogP contribution in [0.15, 0.2) is 24.5 Å². The molecule has 2 fully saturated rings. The standard InChI is InChI=1S/C20H28N4O2S/c1-26-14-13-23-12-9-22-19(23)15-6-10-24(11-7-15)20(25)18-5-4-17(27-18)16-3-2-8-21-16/h4-5,9,12,15-16,21H,2-3,6-8,10-11,13-14H2,1H3/t16-/m0/s1. The first-order valence-electron chi connectivity index (χ1n) is 9.88. The Hall–Kier alpha value is -1.70. The summed E-state index contributed by atoms with van der Waals surface area (Å²) in [5, 5.41) is 3.51. The molecule has 7 heteroatoms. The predicted octanol–water partition coefficient (Wildman–Crippen LogP) is 3.04.